The second-order valence-electron chi connectivity index (χ2n) is 2.62. The number of aromatic nitrogens is 2. The van der Waals surface area contributed by atoms with Gasteiger partial charge in [-0.05, 0) is 17.7 Å². The summed E-state index contributed by atoms with van der Waals surface area (Å²) in [6, 6.07) is 6.05. The number of halogens is 1. The molecule has 1 heterocycles. The number of hydrogen-bond acceptors (Lipinski definition) is 2. The van der Waals surface area contributed by atoms with Crippen LogP contribution in [0.25, 0.3) is 10.9 Å². The predicted octanol–water partition coefficient (Wildman–Crippen LogP) is 2.04. The topological polar surface area (TPSA) is 54.7 Å². The van der Waals surface area contributed by atoms with E-state index in [1.54, 1.807) is 0 Å². The highest BCUT2D eigenvalue weighted by Crippen LogP contribution is 2.19. The number of aromatic amines is 1. The second kappa shape index (κ2) is 2.79. The van der Waals surface area contributed by atoms with Gasteiger partial charge in [-0.25, -0.2) is 0 Å². The standard InChI is InChI=1S/C8H8BrN3/c9-4-5-1-2-7-6(3-5)8(10)12-11-7/h1-3H,4H2,(H3,10,11,12). The number of nitrogen functional groups attached to an aromatic ring is 1. The smallest absolute Gasteiger partial charge is 0.153 e. The van der Waals surface area contributed by atoms with Crippen LogP contribution in [-0.4, -0.2) is 10.2 Å². The number of fused-ring (bicyclic) bond motifs is 1. The van der Waals surface area contributed by atoms with Crippen LogP contribution < -0.4 is 5.73 Å². The van der Waals surface area contributed by atoms with Gasteiger partial charge in [0.05, 0.1) is 5.52 Å². The van der Waals surface area contributed by atoms with Crippen LogP contribution >= 0.6 is 15.9 Å². The van der Waals surface area contributed by atoms with Crippen molar-refractivity contribution < 1.29 is 0 Å². The van der Waals surface area contributed by atoms with Crippen LogP contribution in [0.5, 0.6) is 0 Å². The fourth-order valence-corrected chi connectivity index (χ4v) is 1.51. The van der Waals surface area contributed by atoms with Crippen LogP contribution in [0.15, 0.2) is 18.2 Å². The maximum atomic E-state index is 5.64. The molecule has 4 heteroatoms. The number of alkyl halides is 1. The molecule has 0 fully saturated rings. The van der Waals surface area contributed by atoms with E-state index >= 15 is 0 Å². The molecule has 12 heavy (non-hydrogen) atoms. The molecule has 0 bridgehead atoms. The molecule has 0 radical (unpaired) electrons. The molecule has 2 rings (SSSR count). The average Bonchev–Trinajstić information content (AvgIpc) is 2.47. The summed E-state index contributed by atoms with van der Waals surface area (Å²) < 4.78 is 0. The Morgan fingerprint density at radius 3 is 3.08 bits per heavy atom. The van der Waals surface area contributed by atoms with E-state index in [4.69, 9.17) is 5.73 Å². The van der Waals surface area contributed by atoms with Gasteiger partial charge in [-0.2, -0.15) is 5.10 Å². The molecule has 0 atom stereocenters. The molecule has 0 saturated heterocycles. The molecular formula is C8H8BrN3. The van der Waals surface area contributed by atoms with Crippen molar-refractivity contribution >= 4 is 32.7 Å². The zero-order chi connectivity index (χ0) is 8.55. The minimum absolute atomic E-state index is 0.563. The van der Waals surface area contributed by atoms with Gasteiger partial charge in [0.15, 0.2) is 5.82 Å². The Morgan fingerprint density at radius 1 is 1.50 bits per heavy atom. The first-order valence-electron chi connectivity index (χ1n) is 3.59. The minimum atomic E-state index is 0.563. The van der Waals surface area contributed by atoms with Crippen molar-refractivity contribution in [2.45, 2.75) is 5.33 Å². The molecule has 0 unspecified atom stereocenters. The number of rotatable bonds is 1. The third kappa shape index (κ3) is 1.08. The summed E-state index contributed by atoms with van der Waals surface area (Å²) in [5, 5.41) is 8.59. The first-order chi connectivity index (χ1) is 5.81. The molecule has 3 nitrogen and oxygen atoms in total. The molecule has 62 valence electrons. The van der Waals surface area contributed by atoms with Crippen LogP contribution in [0.1, 0.15) is 5.56 Å². The number of hydrogen-bond donors (Lipinski definition) is 2. The van der Waals surface area contributed by atoms with Gasteiger partial charge in [-0.3, -0.25) is 5.10 Å². The number of anilines is 1. The van der Waals surface area contributed by atoms with E-state index in [1.807, 2.05) is 18.2 Å². The zero-order valence-corrected chi connectivity index (χ0v) is 7.93. The first kappa shape index (κ1) is 7.61. The molecule has 2 aromatic rings. The molecule has 1 aromatic carbocycles. The largest absolute Gasteiger partial charge is 0.382 e. The van der Waals surface area contributed by atoms with Crippen LogP contribution in [0.3, 0.4) is 0 Å². The molecule has 0 aliphatic rings. The third-order valence-electron chi connectivity index (χ3n) is 1.81. The normalized spacial score (nSPS) is 10.8. The molecule has 0 amide bonds. The monoisotopic (exact) mass is 225 g/mol. The van der Waals surface area contributed by atoms with Gasteiger partial charge in [0.25, 0.3) is 0 Å². The SMILES string of the molecule is Nc1n[nH]c2ccc(CBr)cc12. The summed E-state index contributed by atoms with van der Waals surface area (Å²) in [5.41, 5.74) is 7.83. The van der Waals surface area contributed by atoms with Gasteiger partial charge in [0, 0.05) is 10.7 Å². The Kier molecular flexibility index (Phi) is 1.77. The van der Waals surface area contributed by atoms with E-state index in [1.165, 1.54) is 5.56 Å². The van der Waals surface area contributed by atoms with Gasteiger partial charge in [-0.1, -0.05) is 22.0 Å². The highest BCUT2D eigenvalue weighted by atomic mass is 79.9. The van der Waals surface area contributed by atoms with E-state index in [-0.39, 0.29) is 0 Å². The van der Waals surface area contributed by atoms with E-state index in [0.717, 1.165) is 16.2 Å². The molecule has 3 N–H and O–H groups in total. The second-order valence-corrected chi connectivity index (χ2v) is 3.18. The lowest BCUT2D eigenvalue weighted by atomic mass is 10.2. The van der Waals surface area contributed by atoms with E-state index in [2.05, 4.69) is 26.1 Å². The number of nitrogens with two attached hydrogens (primary N) is 1. The lowest BCUT2D eigenvalue weighted by Crippen LogP contribution is -1.84. The summed E-state index contributed by atoms with van der Waals surface area (Å²) in [5.74, 6) is 0.563. The van der Waals surface area contributed by atoms with Gasteiger partial charge in [-0.15, -0.1) is 0 Å². The summed E-state index contributed by atoms with van der Waals surface area (Å²) in [6.45, 7) is 0. The Bertz CT molecular complexity index is 408. The highest BCUT2D eigenvalue weighted by molar-refractivity contribution is 9.08. The molecule has 0 spiro atoms. The molecule has 0 aliphatic carbocycles. The Balaban J connectivity index is 2.71. The Hall–Kier alpha value is -1.03. The number of H-pyrrole nitrogens is 1. The van der Waals surface area contributed by atoms with E-state index in [9.17, 15) is 0 Å². The van der Waals surface area contributed by atoms with E-state index in [0.29, 0.717) is 5.82 Å². The lowest BCUT2D eigenvalue weighted by molar-refractivity contribution is 1.13. The zero-order valence-electron chi connectivity index (χ0n) is 6.34. The summed E-state index contributed by atoms with van der Waals surface area (Å²) >= 11 is 3.38. The number of benzene rings is 1. The molecule has 0 aliphatic heterocycles. The maximum Gasteiger partial charge on any atom is 0.153 e. The van der Waals surface area contributed by atoms with Gasteiger partial charge >= 0.3 is 0 Å². The highest BCUT2D eigenvalue weighted by Gasteiger charge is 2.01. The fourth-order valence-electron chi connectivity index (χ4n) is 1.16. The van der Waals surface area contributed by atoms with Crippen LogP contribution in [0.2, 0.25) is 0 Å². The van der Waals surface area contributed by atoms with Gasteiger partial charge in [0.1, 0.15) is 0 Å². The predicted molar refractivity (Wildman–Crippen MR) is 53.1 cm³/mol. The van der Waals surface area contributed by atoms with Crippen molar-refractivity contribution in [3.05, 3.63) is 23.8 Å². The van der Waals surface area contributed by atoms with Crippen molar-refractivity contribution in [3.8, 4) is 0 Å². The minimum Gasteiger partial charge on any atom is -0.382 e. The van der Waals surface area contributed by atoms with Crippen LogP contribution in [0.4, 0.5) is 5.82 Å². The quantitative estimate of drug-likeness (QED) is 0.731. The van der Waals surface area contributed by atoms with Crippen molar-refractivity contribution in [1.82, 2.24) is 10.2 Å². The summed E-state index contributed by atoms with van der Waals surface area (Å²) in [7, 11) is 0. The number of nitrogens with zero attached hydrogens (tertiary/aromatic N) is 1. The van der Waals surface area contributed by atoms with Gasteiger partial charge < -0.3 is 5.73 Å². The van der Waals surface area contributed by atoms with Gasteiger partial charge in [0.2, 0.25) is 0 Å². The summed E-state index contributed by atoms with van der Waals surface area (Å²) in [6.07, 6.45) is 0. The van der Waals surface area contributed by atoms with E-state index < -0.39 is 0 Å². The average molecular weight is 226 g/mol. The third-order valence-corrected chi connectivity index (χ3v) is 2.46. The molecular weight excluding hydrogens is 218 g/mol. The van der Waals surface area contributed by atoms with Crippen molar-refractivity contribution in [2.75, 3.05) is 5.73 Å². The lowest BCUT2D eigenvalue weighted by Gasteiger charge is -1.94. The van der Waals surface area contributed by atoms with Crippen molar-refractivity contribution in [1.29, 1.82) is 0 Å². The van der Waals surface area contributed by atoms with Crippen LogP contribution in [-0.2, 0) is 5.33 Å². The Morgan fingerprint density at radius 2 is 2.33 bits per heavy atom. The maximum absolute atomic E-state index is 5.64. The molecule has 1 aromatic heterocycles. The summed E-state index contributed by atoms with van der Waals surface area (Å²) in [4.78, 5) is 0. The Labute approximate surface area is 78.1 Å². The van der Waals surface area contributed by atoms with Crippen molar-refractivity contribution in [3.63, 3.8) is 0 Å². The fraction of sp³-hybridized carbons (Fsp3) is 0.125. The van der Waals surface area contributed by atoms with Crippen molar-refractivity contribution in [2.24, 2.45) is 0 Å². The van der Waals surface area contributed by atoms with Crippen LogP contribution in [0, 0.1) is 0 Å². The number of nitrogens with one attached hydrogen (secondary N) is 1. The molecule has 0 saturated carbocycles. The first-order valence-corrected chi connectivity index (χ1v) is 4.72.